The van der Waals surface area contributed by atoms with E-state index < -0.39 is 5.82 Å². The van der Waals surface area contributed by atoms with E-state index in [0.29, 0.717) is 13.1 Å². The van der Waals surface area contributed by atoms with Crippen LogP contribution in [-0.2, 0) is 4.74 Å². The first-order chi connectivity index (χ1) is 12.3. The lowest BCUT2D eigenvalue weighted by molar-refractivity contribution is -0.119. The molecule has 0 saturated carbocycles. The molecular formula is C21H23ClFNO2. The van der Waals surface area contributed by atoms with Crippen LogP contribution in [0.3, 0.4) is 0 Å². The minimum absolute atomic E-state index is 0.0378. The third kappa shape index (κ3) is 4.08. The number of benzene rings is 2. The second kappa shape index (κ2) is 7.37. The van der Waals surface area contributed by atoms with Crippen molar-refractivity contribution in [2.24, 2.45) is 5.41 Å². The molecule has 5 heteroatoms. The van der Waals surface area contributed by atoms with Gasteiger partial charge in [-0.05, 0) is 29.2 Å². The number of halogens is 2. The quantitative estimate of drug-likeness (QED) is 0.730. The van der Waals surface area contributed by atoms with E-state index >= 15 is 0 Å². The van der Waals surface area contributed by atoms with Gasteiger partial charge in [-0.15, -0.1) is 0 Å². The van der Waals surface area contributed by atoms with Gasteiger partial charge in [0.15, 0.2) is 0 Å². The molecule has 1 fully saturated rings. The molecule has 0 radical (unpaired) electrons. The van der Waals surface area contributed by atoms with E-state index in [2.05, 4.69) is 20.8 Å². The highest BCUT2D eigenvalue weighted by atomic mass is 35.5. The molecule has 2 aromatic rings. The van der Waals surface area contributed by atoms with Crippen molar-refractivity contribution >= 4 is 17.5 Å². The molecule has 0 aliphatic carbocycles. The molecule has 0 N–H and O–H groups in total. The van der Waals surface area contributed by atoms with Gasteiger partial charge in [-0.1, -0.05) is 62.7 Å². The lowest BCUT2D eigenvalue weighted by atomic mass is 9.87. The smallest absolute Gasteiger partial charge is 0.257 e. The number of nitrogens with zero attached hydrogens (tertiary/aromatic N) is 1. The molecule has 3 nitrogen and oxygen atoms in total. The second-order valence-electron chi connectivity index (χ2n) is 7.72. The van der Waals surface area contributed by atoms with E-state index in [0.717, 1.165) is 5.56 Å². The number of carbonyl (C=O) groups excluding carboxylic acids is 1. The molecule has 0 spiro atoms. The van der Waals surface area contributed by atoms with Gasteiger partial charge in [-0.3, -0.25) is 4.79 Å². The first kappa shape index (κ1) is 18.9. The third-order valence-corrected chi connectivity index (χ3v) is 4.92. The predicted molar refractivity (Wildman–Crippen MR) is 101 cm³/mol. The minimum Gasteiger partial charge on any atom is -0.366 e. The SMILES string of the molecule is CC(C)(C)[C@H]1CN(C(=O)c2ccc(Cl)cc2F)C[C@@H](c2ccccc2)O1. The zero-order valence-electron chi connectivity index (χ0n) is 15.2. The third-order valence-electron chi connectivity index (χ3n) is 4.69. The zero-order chi connectivity index (χ0) is 18.9. The molecule has 0 bridgehead atoms. The molecule has 1 aliphatic heterocycles. The summed E-state index contributed by atoms with van der Waals surface area (Å²) in [4.78, 5) is 14.7. The molecule has 1 heterocycles. The van der Waals surface area contributed by atoms with E-state index in [-0.39, 0.29) is 34.1 Å². The lowest BCUT2D eigenvalue weighted by Gasteiger charge is -2.43. The summed E-state index contributed by atoms with van der Waals surface area (Å²) in [6, 6.07) is 14.0. The van der Waals surface area contributed by atoms with Crippen molar-refractivity contribution in [1.29, 1.82) is 0 Å². The second-order valence-corrected chi connectivity index (χ2v) is 8.16. The monoisotopic (exact) mass is 375 g/mol. The number of rotatable bonds is 2. The number of morpholine rings is 1. The van der Waals surface area contributed by atoms with E-state index in [4.69, 9.17) is 16.3 Å². The zero-order valence-corrected chi connectivity index (χ0v) is 16.0. The fourth-order valence-corrected chi connectivity index (χ4v) is 3.25. The number of ether oxygens (including phenoxy) is 1. The van der Waals surface area contributed by atoms with Crippen molar-refractivity contribution in [2.75, 3.05) is 13.1 Å². The highest BCUT2D eigenvalue weighted by Crippen LogP contribution is 2.34. The van der Waals surface area contributed by atoms with E-state index in [9.17, 15) is 9.18 Å². The van der Waals surface area contributed by atoms with Crippen LogP contribution < -0.4 is 0 Å². The summed E-state index contributed by atoms with van der Waals surface area (Å²) in [6.45, 7) is 7.05. The van der Waals surface area contributed by atoms with Crippen LogP contribution in [0, 0.1) is 11.2 Å². The topological polar surface area (TPSA) is 29.5 Å². The molecule has 1 aliphatic rings. The molecule has 2 atom stereocenters. The summed E-state index contributed by atoms with van der Waals surface area (Å²) >= 11 is 5.81. The summed E-state index contributed by atoms with van der Waals surface area (Å²) in [7, 11) is 0. The van der Waals surface area contributed by atoms with Crippen LogP contribution in [0.15, 0.2) is 48.5 Å². The maximum absolute atomic E-state index is 14.2. The highest BCUT2D eigenvalue weighted by Gasteiger charge is 2.38. The van der Waals surface area contributed by atoms with Gasteiger partial charge >= 0.3 is 0 Å². The van der Waals surface area contributed by atoms with E-state index in [1.807, 2.05) is 30.3 Å². The van der Waals surface area contributed by atoms with Crippen molar-refractivity contribution in [3.05, 3.63) is 70.5 Å². The molecular weight excluding hydrogens is 353 g/mol. The lowest BCUT2D eigenvalue weighted by Crippen LogP contribution is -2.51. The number of hydrogen-bond acceptors (Lipinski definition) is 2. The van der Waals surface area contributed by atoms with Crippen LogP contribution in [-0.4, -0.2) is 30.0 Å². The van der Waals surface area contributed by atoms with Crippen LogP contribution >= 0.6 is 11.6 Å². The number of hydrogen-bond donors (Lipinski definition) is 0. The Labute approximate surface area is 158 Å². The largest absolute Gasteiger partial charge is 0.366 e. The summed E-state index contributed by atoms with van der Waals surface area (Å²) in [6.07, 6.45) is -0.394. The van der Waals surface area contributed by atoms with Crippen molar-refractivity contribution in [1.82, 2.24) is 4.90 Å². The Bertz CT molecular complexity index is 788. The molecule has 138 valence electrons. The summed E-state index contributed by atoms with van der Waals surface area (Å²) in [5, 5.41) is 0.274. The van der Waals surface area contributed by atoms with Gasteiger partial charge in [0.2, 0.25) is 0 Å². The number of amides is 1. The van der Waals surface area contributed by atoms with Gasteiger partial charge in [-0.2, -0.15) is 0 Å². The Morgan fingerprint density at radius 3 is 2.46 bits per heavy atom. The standard InChI is InChI=1S/C21H23ClFNO2/c1-21(2,3)19-13-24(12-18(26-19)14-7-5-4-6-8-14)20(25)16-10-9-15(22)11-17(16)23/h4-11,18-19H,12-13H2,1-3H3/t18-,19+/m0/s1. The average molecular weight is 376 g/mol. The molecule has 26 heavy (non-hydrogen) atoms. The Balaban J connectivity index is 1.90. The van der Waals surface area contributed by atoms with Gasteiger partial charge in [0, 0.05) is 11.6 Å². The molecule has 3 rings (SSSR count). The van der Waals surface area contributed by atoms with Crippen LogP contribution in [0.1, 0.15) is 42.8 Å². The Morgan fingerprint density at radius 2 is 1.85 bits per heavy atom. The van der Waals surface area contributed by atoms with Gasteiger partial charge in [0.05, 0.1) is 18.2 Å². The van der Waals surface area contributed by atoms with Crippen LogP contribution in [0.2, 0.25) is 5.02 Å². The normalized spacial score (nSPS) is 20.9. The maximum atomic E-state index is 14.2. The molecule has 1 amide bonds. The molecule has 0 unspecified atom stereocenters. The van der Waals surface area contributed by atoms with Gasteiger partial charge in [0.25, 0.3) is 5.91 Å². The highest BCUT2D eigenvalue weighted by molar-refractivity contribution is 6.30. The number of carbonyl (C=O) groups is 1. The fourth-order valence-electron chi connectivity index (χ4n) is 3.09. The van der Waals surface area contributed by atoms with Gasteiger partial charge in [-0.25, -0.2) is 4.39 Å². The first-order valence-corrected chi connectivity index (χ1v) is 9.08. The van der Waals surface area contributed by atoms with Gasteiger partial charge < -0.3 is 9.64 Å². The van der Waals surface area contributed by atoms with Crippen molar-refractivity contribution in [3.8, 4) is 0 Å². The van der Waals surface area contributed by atoms with Gasteiger partial charge in [0.1, 0.15) is 11.9 Å². The van der Waals surface area contributed by atoms with Crippen molar-refractivity contribution in [3.63, 3.8) is 0 Å². The summed E-state index contributed by atoms with van der Waals surface area (Å²) in [5.74, 6) is -0.935. The Kier molecular flexibility index (Phi) is 5.35. The average Bonchev–Trinajstić information content (AvgIpc) is 2.61. The molecule has 1 saturated heterocycles. The maximum Gasteiger partial charge on any atom is 0.257 e. The van der Waals surface area contributed by atoms with Crippen molar-refractivity contribution in [2.45, 2.75) is 33.0 Å². The molecule has 2 aromatic carbocycles. The van der Waals surface area contributed by atoms with Crippen LogP contribution in [0.25, 0.3) is 0 Å². The first-order valence-electron chi connectivity index (χ1n) is 8.70. The minimum atomic E-state index is -0.599. The fraction of sp³-hybridized carbons (Fsp3) is 0.381. The Hall–Kier alpha value is -1.91. The van der Waals surface area contributed by atoms with Crippen molar-refractivity contribution < 1.29 is 13.9 Å². The molecule has 0 aromatic heterocycles. The van der Waals surface area contributed by atoms with E-state index in [1.54, 1.807) is 4.90 Å². The summed E-state index contributed by atoms with van der Waals surface area (Å²) in [5.41, 5.74) is 0.899. The summed E-state index contributed by atoms with van der Waals surface area (Å²) < 4.78 is 20.5. The Morgan fingerprint density at radius 1 is 1.15 bits per heavy atom. The van der Waals surface area contributed by atoms with Crippen LogP contribution in [0.5, 0.6) is 0 Å². The van der Waals surface area contributed by atoms with Crippen LogP contribution in [0.4, 0.5) is 4.39 Å². The predicted octanol–water partition coefficient (Wildman–Crippen LogP) is 5.11. The van der Waals surface area contributed by atoms with E-state index in [1.165, 1.54) is 18.2 Å².